The molecule has 1 saturated heterocycles. The van der Waals surface area contributed by atoms with Crippen molar-refractivity contribution >= 4 is 0 Å². The first-order valence-corrected chi connectivity index (χ1v) is 9.01. The predicted molar refractivity (Wildman–Crippen MR) is 93.4 cm³/mol. The van der Waals surface area contributed by atoms with Crippen molar-refractivity contribution in [1.29, 1.82) is 0 Å². The van der Waals surface area contributed by atoms with E-state index in [4.69, 9.17) is 0 Å². The van der Waals surface area contributed by atoms with Crippen LogP contribution in [-0.4, -0.2) is 56.5 Å². The molecule has 1 aromatic heterocycles. The van der Waals surface area contributed by atoms with Crippen molar-refractivity contribution in [2.75, 3.05) is 26.2 Å². The number of unbranched alkanes of at least 4 members (excludes halogenated alkanes) is 2. The maximum atomic E-state index is 9.28. The van der Waals surface area contributed by atoms with Gasteiger partial charge in [0.2, 0.25) is 5.82 Å². The van der Waals surface area contributed by atoms with Crippen molar-refractivity contribution < 1.29 is 5.11 Å². The van der Waals surface area contributed by atoms with Gasteiger partial charge in [0.15, 0.2) is 0 Å². The SMILES string of the molecule is OCC1CCCN(CCCCCn2nnc(-c3ccccc3)n2)C1. The number of aliphatic hydroxyl groups excluding tert-OH is 1. The van der Waals surface area contributed by atoms with Gasteiger partial charge in [-0.25, -0.2) is 0 Å². The zero-order chi connectivity index (χ0) is 16.6. The van der Waals surface area contributed by atoms with Gasteiger partial charge in [-0.2, -0.15) is 4.80 Å². The van der Waals surface area contributed by atoms with E-state index in [9.17, 15) is 5.11 Å². The molecular formula is C18H27N5O. The number of piperidine rings is 1. The number of likely N-dealkylation sites (tertiary alicyclic amines) is 1. The number of nitrogens with zero attached hydrogens (tertiary/aromatic N) is 5. The molecular weight excluding hydrogens is 302 g/mol. The van der Waals surface area contributed by atoms with Crippen molar-refractivity contribution in [3.05, 3.63) is 30.3 Å². The number of aliphatic hydroxyl groups is 1. The summed E-state index contributed by atoms with van der Waals surface area (Å²) >= 11 is 0. The highest BCUT2D eigenvalue weighted by Crippen LogP contribution is 2.16. The molecule has 3 rings (SSSR count). The number of hydrogen-bond donors (Lipinski definition) is 1. The van der Waals surface area contributed by atoms with E-state index in [1.54, 1.807) is 4.80 Å². The lowest BCUT2D eigenvalue weighted by Gasteiger charge is -2.31. The van der Waals surface area contributed by atoms with E-state index in [0.717, 1.165) is 31.6 Å². The number of aromatic nitrogens is 4. The summed E-state index contributed by atoms with van der Waals surface area (Å²) in [6.45, 7) is 4.52. The largest absolute Gasteiger partial charge is 0.396 e. The van der Waals surface area contributed by atoms with Crippen LogP contribution in [0.15, 0.2) is 30.3 Å². The van der Waals surface area contributed by atoms with Gasteiger partial charge in [0.1, 0.15) is 0 Å². The van der Waals surface area contributed by atoms with Gasteiger partial charge in [0.05, 0.1) is 6.54 Å². The monoisotopic (exact) mass is 329 g/mol. The zero-order valence-electron chi connectivity index (χ0n) is 14.2. The zero-order valence-corrected chi connectivity index (χ0v) is 14.2. The predicted octanol–water partition coefficient (Wildman–Crippen LogP) is 2.21. The summed E-state index contributed by atoms with van der Waals surface area (Å²) in [5.74, 6) is 1.17. The van der Waals surface area contributed by atoms with Gasteiger partial charge < -0.3 is 10.0 Å². The van der Waals surface area contributed by atoms with E-state index in [-0.39, 0.29) is 0 Å². The first-order chi connectivity index (χ1) is 11.8. The van der Waals surface area contributed by atoms with Crippen LogP contribution in [0, 0.1) is 5.92 Å². The van der Waals surface area contributed by atoms with E-state index in [0.29, 0.717) is 18.3 Å². The molecule has 0 radical (unpaired) electrons. The molecule has 1 atom stereocenters. The van der Waals surface area contributed by atoms with Crippen LogP contribution in [0.5, 0.6) is 0 Å². The Morgan fingerprint density at radius 3 is 2.75 bits per heavy atom. The van der Waals surface area contributed by atoms with Crippen LogP contribution in [0.1, 0.15) is 32.1 Å². The van der Waals surface area contributed by atoms with E-state index in [1.165, 1.54) is 32.2 Å². The highest BCUT2D eigenvalue weighted by atomic mass is 16.3. The molecule has 1 fully saturated rings. The third kappa shape index (κ3) is 4.85. The molecule has 1 aromatic carbocycles. The van der Waals surface area contributed by atoms with Crippen LogP contribution in [0.3, 0.4) is 0 Å². The average Bonchev–Trinajstić information content (AvgIpc) is 3.11. The Hall–Kier alpha value is -1.79. The number of benzene rings is 1. The molecule has 1 aliphatic rings. The van der Waals surface area contributed by atoms with Crippen molar-refractivity contribution in [3.63, 3.8) is 0 Å². The third-order valence-corrected chi connectivity index (χ3v) is 4.68. The summed E-state index contributed by atoms with van der Waals surface area (Å²) in [5, 5.41) is 22.0. The molecule has 6 heteroatoms. The third-order valence-electron chi connectivity index (χ3n) is 4.68. The van der Waals surface area contributed by atoms with Crippen LogP contribution < -0.4 is 0 Å². The molecule has 0 amide bonds. The number of rotatable bonds is 8. The summed E-state index contributed by atoms with van der Waals surface area (Å²) in [4.78, 5) is 4.19. The molecule has 2 aromatic rings. The molecule has 0 saturated carbocycles. The standard InChI is InChI=1S/C18H27N5O/c24-15-16-8-7-12-22(14-16)11-5-2-6-13-23-20-18(19-21-23)17-9-3-1-4-10-17/h1,3-4,9-10,16,24H,2,5-8,11-15H2. The number of hydrogen-bond acceptors (Lipinski definition) is 5. The molecule has 1 unspecified atom stereocenters. The Kier molecular flexibility index (Phi) is 6.32. The smallest absolute Gasteiger partial charge is 0.204 e. The fourth-order valence-corrected chi connectivity index (χ4v) is 3.31. The normalized spacial score (nSPS) is 18.8. The van der Waals surface area contributed by atoms with Crippen LogP contribution in [0.2, 0.25) is 0 Å². The molecule has 2 heterocycles. The van der Waals surface area contributed by atoms with Crippen molar-refractivity contribution in [2.24, 2.45) is 5.92 Å². The summed E-state index contributed by atoms with van der Waals surface area (Å²) < 4.78 is 0. The van der Waals surface area contributed by atoms with E-state index in [2.05, 4.69) is 20.3 Å². The Labute approximate surface area is 143 Å². The average molecular weight is 329 g/mol. The van der Waals surface area contributed by atoms with Gasteiger partial charge in [0.25, 0.3) is 0 Å². The van der Waals surface area contributed by atoms with E-state index in [1.807, 2.05) is 30.3 Å². The van der Waals surface area contributed by atoms with Crippen LogP contribution in [0.25, 0.3) is 11.4 Å². The molecule has 1 N–H and O–H groups in total. The highest BCUT2D eigenvalue weighted by molar-refractivity contribution is 5.52. The quantitative estimate of drug-likeness (QED) is 0.752. The molecule has 0 aliphatic carbocycles. The van der Waals surface area contributed by atoms with Gasteiger partial charge in [-0.05, 0) is 49.9 Å². The number of aryl methyl sites for hydroxylation is 1. The lowest BCUT2D eigenvalue weighted by atomic mass is 9.99. The molecule has 130 valence electrons. The molecule has 0 bridgehead atoms. The van der Waals surface area contributed by atoms with E-state index < -0.39 is 0 Å². The van der Waals surface area contributed by atoms with Gasteiger partial charge >= 0.3 is 0 Å². The lowest BCUT2D eigenvalue weighted by molar-refractivity contribution is 0.119. The van der Waals surface area contributed by atoms with Gasteiger partial charge in [-0.3, -0.25) is 0 Å². The summed E-state index contributed by atoms with van der Waals surface area (Å²) in [6.07, 6.45) is 5.83. The fourth-order valence-electron chi connectivity index (χ4n) is 3.31. The van der Waals surface area contributed by atoms with Crippen molar-refractivity contribution in [3.8, 4) is 11.4 Å². The van der Waals surface area contributed by atoms with E-state index >= 15 is 0 Å². The number of tetrazole rings is 1. The second-order valence-electron chi connectivity index (χ2n) is 6.63. The minimum atomic E-state index is 0.332. The minimum Gasteiger partial charge on any atom is -0.396 e. The minimum absolute atomic E-state index is 0.332. The van der Waals surface area contributed by atoms with Crippen LogP contribution in [0.4, 0.5) is 0 Å². The first kappa shape index (κ1) is 17.0. The lowest BCUT2D eigenvalue weighted by Crippen LogP contribution is -2.37. The Balaban J connectivity index is 1.34. The maximum absolute atomic E-state index is 9.28. The second kappa shape index (κ2) is 8.89. The molecule has 6 nitrogen and oxygen atoms in total. The molecule has 1 aliphatic heterocycles. The van der Waals surface area contributed by atoms with Crippen molar-refractivity contribution in [2.45, 2.75) is 38.6 Å². The summed E-state index contributed by atoms with van der Waals surface area (Å²) in [6, 6.07) is 9.95. The van der Waals surface area contributed by atoms with Gasteiger partial charge in [0, 0.05) is 18.7 Å². The van der Waals surface area contributed by atoms with Gasteiger partial charge in [-0.1, -0.05) is 36.8 Å². The van der Waals surface area contributed by atoms with Crippen LogP contribution in [-0.2, 0) is 6.54 Å². The van der Waals surface area contributed by atoms with Crippen LogP contribution >= 0.6 is 0 Å². The molecule has 24 heavy (non-hydrogen) atoms. The highest BCUT2D eigenvalue weighted by Gasteiger charge is 2.18. The maximum Gasteiger partial charge on any atom is 0.204 e. The molecule has 0 spiro atoms. The Morgan fingerprint density at radius 2 is 1.92 bits per heavy atom. The topological polar surface area (TPSA) is 67.1 Å². The Morgan fingerprint density at radius 1 is 1.08 bits per heavy atom. The first-order valence-electron chi connectivity index (χ1n) is 9.01. The second-order valence-corrected chi connectivity index (χ2v) is 6.63. The Bertz CT molecular complexity index is 600. The van der Waals surface area contributed by atoms with Crippen molar-refractivity contribution in [1.82, 2.24) is 25.1 Å². The summed E-state index contributed by atoms with van der Waals surface area (Å²) in [5.41, 5.74) is 1.01. The fraction of sp³-hybridized carbons (Fsp3) is 0.611. The summed E-state index contributed by atoms with van der Waals surface area (Å²) in [7, 11) is 0. The van der Waals surface area contributed by atoms with Gasteiger partial charge in [-0.15, -0.1) is 10.2 Å².